The van der Waals surface area contributed by atoms with Gasteiger partial charge in [0.25, 0.3) is 10.0 Å². The fourth-order valence-corrected chi connectivity index (χ4v) is 3.20. The molecule has 8 heteroatoms. The van der Waals surface area contributed by atoms with Crippen LogP contribution < -0.4 is 14.2 Å². The van der Waals surface area contributed by atoms with Crippen LogP contribution in [0.1, 0.15) is 0 Å². The Bertz CT molecular complexity index is 795. The van der Waals surface area contributed by atoms with E-state index in [1.54, 1.807) is 6.07 Å². The number of methoxy groups -OCH3 is 2. The van der Waals surface area contributed by atoms with E-state index in [4.69, 9.17) is 21.1 Å². The standard InChI is InChI=1S/C14H13ClFNO4S/c1-20-9-6-7-12(21-2)13(8-9)22(18,19)17-11-5-3-4-10(15)14(11)16/h3-8,17H,1-2H3. The third-order valence-electron chi connectivity index (χ3n) is 2.86. The summed E-state index contributed by atoms with van der Waals surface area (Å²) in [5.41, 5.74) is -0.252. The van der Waals surface area contributed by atoms with E-state index in [1.165, 1.54) is 44.6 Å². The zero-order valence-electron chi connectivity index (χ0n) is 11.8. The topological polar surface area (TPSA) is 64.6 Å². The molecule has 0 aromatic heterocycles. The fraction of sp³-hybridized carbons (Fsp3) is 0.143. The molecule has 0 saturated heterocycles. The molecule has 0 aliphatic rings. The average molecular weight is 346 g/mol. The maximum absolute atomic E-state index is 13.9. The van der Waals surface area contributed by atoms with Crippen LogP contribution in [0.5, 0.6) is 11.5 Å². The molecule has 0 unspecified atom stereocenters. The van der Waals surface area contributed by atoms with E-state index >= 15 is 0 Å². The van der Waals surface area contributed by atoms with E-state index in [1.807, 2.05) is 0 Å². The first-order valence-electron chi connectivity index (χ1n) is 6.08. The lowest BCUT2D eigenvalue weighted by molar-refractivity contribution is 0.392. The maximum Gasteiger partial charge on any atom is 0.265 e. The summed E-state index contributed by atoms with van der Waals surface area (Å²) in [6, 6.07) is 8.31. The van der Waals surface area contributed by atoms with E-state index < -0.39 is 15.8 Å². The largest absolute Gasteiger partial charge is 0.497 e. The van der Waals surface area contributed by atoms with Crippen molar-refractivity contribution in [3.63, 3.8) is 0 Å². The van der Waals surface area contributed by atoms with Crippen molar-refractivity contribution in [3.05, 3.63) is 47.2 Å². The highest BCUT2D eigenvalue weighted by Gasteiger charge is 2.22. The average Bonchev–Trinajstić information content (AvgIpc) is 2.51. The van der Waals surface area contributed by atoms with Crippen LogP contribution in [0.15, 0.2) is 41.3 Å². The highest BCUT2D eigenvalue weighted by Crippen LogP contribution is 2.31. The van der Waals surface area contributed by atoms with E-state index in [2.05, 4.69) is 4.72 Å². The third-order valence-corrected chi connectivity index (χ3v) is 4.53. The van der Waals surface area contributed by atoms with Gasteiger partial charge in [0.05, 0.1) is 24.9 Å². The Hall–Kier alpha value is -1.99. The van der Waals surface area contributed by atoms with Gasteiger partial charge in [0.1, 0.15) is 16.4 Å². The van der Waals surface area contributed by atoms with Gasteiger partial charge in [-0.2, -0.15) is 0 Å². The molecule has 2 rings (SSSR count). The molecule has 0 fully saturated rings. The number of sulfonamides is 1. The van der Waals surface area contributed by atoms with Crippen molar-refractivity contribution in [2.45, 2.75) is 4.90 Å². The first kappa shape index (κ1) is 16.4. The van der Waals surface area contributed by atoms with Gasteiger partial charge >= 0.3 is 0 Å². The minimum atomic E-state index is -4.08. The smallest absolute Gasteiger partial charge is 0.265 e. The summed E-state index contributed by atoms with van der Waals surface area (Å²) in [6.07, 6.45) is 0. The Balaban J connectivity index is 2.48. The Morgan fingerprint density at radius 3 is 2.50 bits per heavy atom. The van der Waals surface area contributed by atoms with Crippen molar-refractivity contribution in [1.29, 1.82) is 0 Å². The van der Waals surface area contributed by atoms with Gasteiger partial charge in [0.15, 0.2) is 5.82 Å². The number of halogens is 2. The van der Waals surface area contributed by atoms with Crippen LogP contribution in [0.25, 0.3) is 0 Å². The van der Waals surface area contributed by atoms with Crippen molar-refractivity contribution < 1.29 is 22.3 Å². The van der Waals surface area contributed by atoms with Gasteiger partial charge in [-0.1, -0.05) is 17.7 Å². The second kappa shape index (κ2) is 6.41. The summed E-state index contributed by atoms with van der Waals surface area (Å²) in [7, 11) is -1.34. The quantitative estimate of drug-likeness (QED) is 0.903. The maximum atomic E-state index is 13.9. The molecule has 0 heterocycles. The molecule has 0 atom stereocenters. The Morgan fingerprint density at radius 2 is 1.86 bits per heavy atom. The molecule has 0 aliphatic heterocycles. The second-order valence-electron chi connectivity index (χ2n) is 4.22. The first-order chi connectivity index (χ1) is 10.4. The molecule has 5 nitrogen and oxygen atoms in total. The number of hydrogen-bond acceptors (Lipinski definition) is 4. The van der Waals surface area contributed by atoms with Crippen LogP contribution in [0.2, 0.25) is 5.02 Å². The summed E-state index contributed by atoms with van der Waals surface area (Å²) in [5.74, 6) is -0.418. The highest BCUT2D eigenvalue weighted by molar-refractivity contribution is 7.92. The molecule has 1 N–H and O–H groups in total. The number of anilines is 1. The lowest BCUT2D eigenvalue weighted by Crippen LogP contribution is -2.15. The Morgan fingerprint density at radius 1 is 1.14 bits per heavy atom. The van der Waals surface area contributed by atoms with Crippen molar-refractivity contribution in [2.75, 3.05) is 18.9 Å². The lowest BCUT2D eigenvalue weighted by atomic mass is 10.3. The molecular weight excluding hydrogens is 333 g/mol. The minimum absolute atomic E-state index is 0.107. The lowest BCUT2D eigenvalue weighted by Gasteiger charge is -2.13. The summed E-state index contributed by atoms with van der Waals surface area (Å²) >= 11 is 5.64. The summed E-state index contributed by atoms with van der Waals surface area (Å²) in [5, 5.41) is -0.183. The van der Waals surface area contributed by atoms with E-state index in [0.29, 0.717) is 5.75 Å². The molecule has 2 aromatic carbocycles. The van der Waals surface area contributed by atoms with Gasteiger partial charge in [0.2, 0.25) is 0 Å². The van der Waals surface area contributed by atoms with Gasteiger partial charge in [0, 0.05) is 6.07 Å². The number of rotatable bonds is 5. The molecule has 22 heavy (non-hydrogen) atoms. The molecule has 0 aliphatic carbocycles. The molecule has 0 saturated carbocycles. The molecule has 0 bridgehead atoms. The van der Waals surface area contributed by atoms with E-state index in [9.17, 15) is 12.8 Å². The normalized spacial score (nSPS) is 11.1. The van der Waals surface area contributed by atoms with Gasteiger partial charge in [-0.3, -0.25) is 4.72 Å². The van der Waals surface area contributed by atoms with E-state index in [0.717, 1.165) is 0 Å². The van der Waals surface area contributed by atoms with Crippen molar-refractivity contribution in [3.8, 4) is 11.5 Å². The predicted octanol–water partition coefficient (Wildman–Crippen LogP) is 3.30. The highest BCUT2D eigenvalue weighted by atomic mass is 35.5. The summed E-state index contributed by atoms with van der Waals surface area (Å²) in [6.45, 7) is 0. The van der Waals surface area contributed by atoms with Crippen LogP contribution >= 0.6 is 11.6 Å². The van der Waals surface area contributed by atoms with Crippen LogP contribution in [-0.4, -0.2) is 22.6 Å². The predicted molar refractivity (Wildman–Crippen MR) is 81.8 cm³/mol. The van der Waals surface area contributed by atoms with Crippen LogP contribution in [0.3, 0.4) is 0 Å². The number of hydrogen-bond donors (Lipinski definition) is 1. The Kier molecular flexibility index (Phi) is 4.77. The zero-order valence-corrected chi connectivity index (χ0v) is 13.3. The van der Waals surface area contributed by atoms with Gasteiger partial charge in [-0.25, -0.2) is 12.8 Å². The number of benzene rings is 2. The molecule has 2 aromatic rings. The molecule has 0 spiro atoms. The molecule has 0 radical (unpaired) electrons. The first-order valence-corrected chi connectivity index (χ1v) is 7.94. The number of nitrogens with one attached hydrogen (secondary N) is 1. The van der Waals surface area contributed by atoms with Gasteiger partial charge in [-0.15, -0.1) is 0 Å². The van der Waals surface area contributed by atoms with Crippen molar-refractivity contribution in [1.82, 2.24) is 0 Å². The zero-order chi connectivity index (χ0) is 16.3. The van der Waals surface area contributed by atoms with Crippen LogP contribution in [0.4, 0.5) is 10.1 Å². The Labute approximate surface area is 132 Å². The van der Waals surface area contributed by atoms with Crippen LogP contribution in [0, 0.1) is 5.82 Å². The minimum Gasteiger partial charge on any atom is -0.497 e. The van der Waals surface area contributed by atoms with Gasteiger partial charge in [-0.05, 0) is 24.3 Å². The third kappa shape index (κ3) is 3.26. The molecule has 0 amide bonds. The summed E-state index contributed by atoms with van der Waals surface area (Å²) < 4.78 is 50.9. The fourth-order valence-electron chi connectivity index (χ4n) is 1.78. The molecule has 118 valence electrons. The van der Waals surface area contributed by atoms with Crippen LogP contribution in [-0.2, 0) is 10.0 Å². The monoisotopic (exact) mass is 345 g/mol. The molecular formula is C14H13ClFNO4S. The van der Waals surface area contributed by atoms with Crippen molar-refractivity contribution >= 4 is 27.3 Å². The van der Waals surface area contributed by atoms with Crippen molar-refractivity contribution in [2.24, 2.45) is 0 Å². The SMILES string of the molecule is COc1ccc(OC)c(S(=O)(=O)Nc2cccc(Cl)c2F)c1. The number of ether oxygens (including phenoxy) is 2. The van der Waals surface area contributed by atoms with Gasteiger partial charge < -0.3 is 9.47 Å². The van der Waals surface area contributed by atoms with E-state index in [-0.39, 0.29) is 21.4 Å². The second-order valence-corrected chi connectivity index (χ2v) is 6.28. The summed E-state index contributed by atoms with van der Waals surface area (Å²) in [4.78, 5) is -0.172.